The minimum Gasteiger partial charge on any atom is -0.467 e. The second-order valence-corrected chi connectivity index (χ2v) is 9.63. The van der Waals surface area contributed by atoms with Gasteiger partial charge in [-0.3, -0.25) is 9.69 Å². The van der Waals surface area contributed by atoms with E-state index in [1.165, 1.54) is 22.5 Å². The van der Waals surface area contributed by atoms with Crippen molar-refractivity contribution in [3.05, 3.63) is 45.8 Å². The number of rotatable bonds is 6. The van der Waals surface area contributed by atoms with Crippen LogP contribution in [0.3, 0.4) is 0 Å². The van der Waals surface area contributed by atoms with Gasteiger partial charge in [0.05, 0.1) is 41.4 Å². The van der Waals surface area contributed by atoms with Crippen molar-refractivity contribution in [2.75, 3.05) is 11.5 Å². The summed E-state index contributed by atoms with van der Waals surface area (Å²) < 4.78 is 16.7. The van der Waals surface area contributed by atoms with Gasteiger partial charge in [-0.25, -0.2) is 9.78 Å². The van der Waals surface area contributed by atoms with E-state index in [0.29, 0.717) is 32.1 Å². The Labute approximate surface area is 200 Å². The molecule has 0 aliphatic carbocycles. The zero-order valence-corrected chi connectivity index (χ0v) is 20.5. The van der Waals surface area contributed by atoms with Crippen molar-refractivity contribution in [2.24, 2.45) is 0 Å². The molecule has 0 radical (unpaired) electrons. The minimum absolute atomic E-state index is 0.0865. The summed E-state index contributed by atoms with van der Waals surface area (Å²) >= 11 is 7.53. The number of hydrogen-bond acceptors (Lipinski definition) is 8. The average Bonchev–Trinajstić information content (AvgIpc) is 3.34. The van der Waals surface area contributed by atoms with Gasteiger partial charge < -0.3 is 13.9 Å². The van der Waals surface area contributed by atoms with Gasteiger partial charge in [-0.1, -0.05) is 11.6 Å². The minimum atomic E-state index is -1.11. The van der Waals surface area contributed by atoms with E-state index < -0.39 is 23.6 Å². The molecule has 3 aromatic heterocycles. The van der Waals surface area contributed by atoms with Crippen LogP contribution >= 0.6 is 22.9 Å². The van der Waals surface area contributed by atoms with E-state index in [-0.39, 0.29) is 18.3 Å². The number of anilines is 1. The number of amides is 1. The third-order valence-corrected chi connectivity index (χ3v) is 6.13. The fourth-order valence-electron chi connectivity index (χ4n) is 3.19. The molecule has 0 aromatic carbocycles. The third-order valence-electron chi connectivity index (χ3n) is 4.57. The molecule has 3 rings (SSSR count). The molecule has 1 atom stereocenters. The first-order valence-corrected chi connectivity index (χ1v) is 11.4. The quantitative estimate of drug-likeness (QED) is 0.310. The maximum Gasteiger partial charge on any atom is 0.415 e. The number of carbonyl (C=O) groups excluding carboxylic acids is 2. The number of furan rings is 1. The van der Waals surface area contributed by atoms with Gasteiger partial charge in [0.25, 0.3) is 0 Å². The molecule has 0 fully saturated rings. The maximum absolute atomic E-state index is 13.2. The molecule has 3 heterocycles. The maximum atomic E-state index is 13.2. The molecule has 0 aliphatic rings. The zero-order chi connectivity index (χ0) is 24.3. The summed E-state index contributed by atoms with van der Waals surface area (Å²) in [7, 11) is 0. The van der Waals surface area contributed by atoms with Gasteiger partial charge in [0.2, 0.25) is 0 Å². The van der Waals surface area contributed by atoms with E-state index in [2.05, 4.69) is 4.98 Å². The molecule has 0 saturated carbocycles. The highest BCUT2D eigenvalue weighted by atomic mass is 35.5. The zero-order valence-electron chi connectivity index (χ0n) is 19.0. The Balaban J connectivity index is 2.18. The largest absolute Gasteiger partial charge is 0.467 e. The van der Waals surface area contributed by atoms with Crippen LogP contribution in [0.25, 0.3) is 10.2 Å². The Morgan fingerprint density at radius 2 is 2.12 bits per heavy atom. The van der Waals surface area contributed by atoms with Crippen molar-refractivity contribution in [1.82, 2.24) is 4.98 Å². The number of nitriles is 1. The van der Waals surface area contributed by atoms with Crippen molar-refractivity contribution in [1.29, 1.82) is 5.26 Å². The van der Waals surface area contributed by atoms with Crippen molar-refractivity contribution < 1.29 is 23.5 Å². The van der Waals surface area contributed by atoms with E-state index >= 15 is 0 Å². The smallest absolute Gasteiger partial charge is 0.415 e. The number of ether oxygens (including phenoxy) is 2. The fraction of sp³-hybridized carbons (Fsp3) is 0.391. The molecular weight excluding hydrogens is 466 g/mol. The molecule has 1 amide bonds. The molecule has 0 spiro atoms. The summed E-state index contributed by atoms with van der Waals surface area (Å²) in [6.07, 6.45) is 0.916. The number of pyridine rings is 1. The number of thiophene rings is 1. The van der Waals surface area contributed by atoms with Crippen molar-refractivity contribution >= 4 is 50.9 Å². The Morgan fingerprint density at radius 3 is 2.70 bits per heavy atom. The van der Waals surface area contributed by atoms with Gasteiger partial charge >= 0.3 is 12.1 Å². The number of hydrogen-bond donors (Lipinski definition) is 0. The predicted octanol–water partition coefficient (Wildman–Crippen LogP) is 5.96. The van der Waals surface area contributed by atoms with Crippen LogP contribution < -0.4 is 4.90 Å². The monoisotopic (exact) mass is 489 g/mol. The van der Waals surface area contributed by atoms with Gasteiger partial charge in [0.1, 0.15) is 16.5 Å². The molecular formula is C23H24ClN3O5S. The van der Waals surface area contributed by atoms with E-state index in [1.807, 2.05) is 6.07 Å². The molecule has 0 bridgehead atoms. The number of aromatic nitrogens is 1. The topological polar surface area (TPSA) is 106 Å². The second kappa shape index (κ2) is 9.81. The molecule has 33 heavy (non-hydrogen) atoms. The number of fused-ring (bicyclic) bond motifs is 1. The lowest BCUT2D eigenvalue weighted by Gasteiger charge is -2.27. The van der Waals surface area contributed by atoms with Crippen LogP contribution in [-0.4, -0.2) is 29.3 Å². The normalized spacial score (nSPS) is 12.3. The number of esters is 1. The number of aryl methyl sites for hydroxylation is 1. The lowest BCUT2D eigenvalue weighted by atomic mass is 10.1. The van der Waals surface area contributed by atoms with Crippen molar-refractivity contribution in [2.45, 2.75) is 52.7 Å². The fourth-order valence-corrected chi connectivity index (χ4v) is 4.68. The van der Waals surface area contributed by atoms with E-state index in [9.17, 15) is 14.9 Å². The number of nitrogens with zero attached hydrogens (tertiary/aromatic N) is 3. The number of carbonyl (C=O) groups is 2. The first-order valence-electron chi connectivity index (χ1n) is 10.2. The molecule has 3 aromatic rings. The average molecular weight is 490 g/mol. The van der Waals surface area contributed by atoms with Crippen molar-refractivity contribution in [3.8, 4) is 6.07 Å². The van der Waals surface area contributed by atoms with E-state index in [4.69, 9.17) is 25.5 Å². The van der Waals surface area contributed by atoms with Gasteiger partial charge in [-0.05, 0) is 52.3 Å². The Hall–Kier alpha value is -3.09. The molecule has 0 saturated heterocycles. The van der Waals surface area contributed by atoms with Crippen LogP contribution in [0.4, 0.5) is 10.5 Å². The summed E-state index contributed by atoms with van der Waals surface area (Å²) in [6, 6.07) is 7.04. The first-order chi connectivity index (χ1) is 15.6. The predicted molar refractivity (Wildman–Crippen MR) is 125 cm³/mol. The van der Waals surface area contributed by atoms with Gasteiger partial charge in [-0.15, -0.1) is 11.3 Å². The van der Waals surface area contributed by atoms with Crippen LogP contribution in [0.5, 0.6) is 0 Å². The van der Waals surface area contributed by atoms with E-state index in [1.54, 1.807) is 52.8 Å². The molecule has 10 heteroatoms. The SMILES string of the molecule is CCOC(=O)C(C#N)c1sc2c(N(Cc3ccco3)C(=O)OC(C)(C)C)cc(Cl)nc2c1C. The molecule has 174 valence electrons. The summed E-state index contributed by atoms with van der Waals surface area (Å²) in [5, 5.41) is 9.81. The summed E-state index contributed by atoms with van der Waals surface area (Å²) in [5.74, 6) is -1.21. The summed E-state index contributed by atoms with van der Waals surface area (Å²) in [5.41, 5.74) is 0.826. The highest BCUT2D eigenvalue weighted by Gasteiger charge is 2.31. The highest BCUT2D eigenvalue weighted by molar-refractivity contribution is 7.20. The molecule has 1 unspecified atom stereocenters. The lowest BCUT2D eigenvalue weighted by Crippen LogP contribution is -2.36. The van der Waals surface area contributed by atoms with Crippen LogP contribution in [0.15, 0.2) is 28.9 Å². The Kier molecular flexibility index (Phi) is 7.30. The summed E-state index contributed by atoms with van der Waals surface area (Å²) in [4.78, 5) is 31.9. The highest BCUT2D eigenvalue weighted by Crippen LogP contribution is 2.42. The van der Waals surface area contributed by atoms with Gasteiger partial charge in [0.15, 0.2) is 5.92 Å². The molecule has 0 N–H and O–H groups in total. The van der Waals surface area contributed by atoms with Crippen molar-refractivity contribution in [3.63, 3.8) is 0 Å². The van der Waals surface area contributed by atoms with Crippen LogP contribution in [0, 0.1) is 18.3 Å². The van der Waals surface area contributed by atoms with Crippen LogP contribution in [0.1, 0.15) is 49.8 Å². The third kappa shape index (κ3) is 5.46. The summed E-state index contributed by atoms with van der Waals surface area (Å²) in [6.45, 7) is 9.00. The Bertz CT molecular complexity index is 1210. The Morgan fingerprint density at radius 1 is 1.39 bits per heavy atom. The first kappa shape index (κ1) is 24.6. The lowest BCUT2D eigenvalue weighted by molar-refractivity contribution is -0.143. The van der Waals surface area contributed by atoms with Gasteiger partial charge in [-0.2, -0.15) is 5.26 Å². The standard InChI is InChI=1S/C23H24ClN3O5S/c1-6-30-21(28)15(11-25)19-13(2)18-20(33-19)16(10-17(24)26-18)27(12-14-8-7-9-31-14)22(29)32-23(3,4)5/h7-10,15H,6,12H2,1-5H3. The number of halogens is 1. The van der Waals surface area contributed by atoms with E-state index in [0.717, 1.165) is 0 Å². The van der Waals surface area contributed by atoms with Crippen LogP contribution in [-0.2, 0) is 20.8 Å². The molecule has 8 nitrogen and oxygen atoms in total. The molecule has 0 aliphatic heterocycles. The second-order valence-electron chi connectivity index (χ2n) is 8.19. The van der Waals surface area contributed by atoms with Crippen LogP contribution in [0.2, 0.25) is 5.15 Å². The van der Waals surface area contributed by atoms with Gasteiger partial charge in [0, 0.05) is 10.9 Å².